The van der Waals surface area contributed by atoms with Crippen LogP contribution in [0.15, 0.2) is 24.3 Å². The van der Waals surface area contributed by atoms with Gasteiger partial charge < -0.3 is 9.64 Å². The maximum absolute atomic E-state index is 12.2. The molecular weight excluding hydrogens is 240 g/mol. The van der Waals surface area contributed by atoms with Crippen molar-refractivity contribution in [3.8, 4) is 0 Å². The molecule has 2 rings (SSSR count). The van der Waals surface area contributed by atoms with Crippen molar-refractivity contribution in [1.29, 1.82) is 0 Å². The van der Waals surface area contributed by atoms with Gasteiger partial charge in [-0.05, 0) is 26.3 Å². The average molecular weight is 262 g/mol. The third kappa shape index (κ3) is 3.14. The van der Waals surface area contributed by atoms with E-state index in [-0.39, 0.29) is 18.1 Å². The summed E-state index contributed by atoms with van der Waals surface area (Å²) >= 11 is 0. The first-order chi connectivity index (χ1) is 9.13. The monoisotopic (exact) mass is 262 g/mol. The van der Waals surface area contributed by atoms with Crippen LogP contribution in [0.3, 0.4) is 0 Å². The Hall–Kier alpha value is -1.39. The molecule has 2 unspecified atom stereocenters. The number of hydrogen-bond acceptors (Lipinski definition) is 3. The number of aryl methyl sites for hydroxylation is 1. The van der Waals surface area contributed by atoms with Gasteiger partial charge in [0.1, 0.15) is 6.17 Å². The molecule has 1 fully saturated rings. The average Bonchev–Trinajstić information content (AvgIpc) is 2.68. The molecule has 104 valence electrons. The second-order valence-electron chi connectivity index (χ2n) is 4.93. The van der Waals surface area contributed by atoms with Crippen molar-refractivity contribution in [1.82, 2.24) is 10.2 Å². The number of rotatable bonds is 5. The molecule has 1 aromatic rings. The Balaban J connectivity index is 2.12. The highest BCUT2D eigenvalue weighted by Gasteiger charge is 2.36. The summed E-state index contributed by atoms with van der Waals surface area (Å²) in [4.78, 5) is 14.0. The maximum Gasteiger partial charge on any atom is 0.241 e. The van der Waals surface area contributed by atoms with Crippen LogP contribution in [0.1, 0.15) is 31.1 Å². The highest BCUT2D eigenvalue weighted by molar-refractivity contribution is 5.84. The Morgan fingerprint density at radius 3 is 2.63 bits per heavy atom. The quantitative estimate of drug-likeness (QED) is 0.823. The van der Waals surface area contributed by atoms with Gasteiger partial charge in [0, 0.05) is 13.2 Å². The van der Waals surface area contributed by atoms with Crippen molar-refractivity contribution in [3.63, 3.8) is 0 Å². The maximum atomic E-state index is 12.2. The van der Waals surface area contributed by atoms with E-state index in [0.29, 0.717) is 19.8 Å². The van der Waals surface area contributed by atoms with Gasteiger partial charge in [-0.1, -0.05) is 29.8 Å². The van der Waals surface area contributed by atoms with Crippen LogP contribution in [0, 0.1) is 6.92 Å². The van der Waals surface area contributed by atoms with Gasteiger partial charge in [-0.25, -0.2) is 0 Å². The van der Waals surface area contributed by atoms with E-state index in [2.05, 4.69) is 36.5 Å². The Morgan fingerprint density at radius 2 is 2.00 bits per heavy atom. The van der Waals surface area contributed by atoms with E-state index in [9.17, 15) is 4.79 Å². The zero-order chi connectivity index (χ0) is 13.8. The summed E-state index contributed by atoms with van der Waals surface area (Å²) in [5.41, 5.74) is 2.35. The molecule has 0 aromatic heterocycles. The van der Waals surface area contributed by atoms with Crippen LogP contribution in [0.2, 0.25) is 0 Å². The first kappa shape index (κ1) is 14.0. The van der Waals surface area contributed by atoms with E-state index in [1.807, 2.05) is 18.7 Å². The molecular formula is C15H22N2O2. The van der Waals surface area contributed by atoms with Crippen LogP contribution >= 0.6 is 0 Å². The molecule has 0 saturated carbocycles. The fourth-order valence-electron chi connectivity index (χ4n) is 2.35. The first-order valence-electron chi connectivity index (χ1n) is 6.84. The van der Waals surface area contributed by atoms with E-state index in [4.69, 9.17) is 4.74 Å². The van der Waals surface area contributed by atoms with Crippen molar-refractivity contribution in [2.45, 2.75) is 33.0 Å². The minimum Gasteiger partial charge on any atom is -0.380 e. The van der Waals surface area contributed by atoms with Gasteiger partial charge in [0.2, 0.25) is 5.91 Å². The third-order valence-electron chi connectivity index (χ3n) is 3.45. The van der Waals surface area contributed by atoms with E-state index >= 15 is 0 Å². The zero-order valence-electron chi connectivity index (χ0n) is 11.8. The molecule has 2 atom stereocenters. The fraction of sp³-hybridized carbons (Fsp3) is 0.533. The number of ether oxygens (including phenoxy) is 1. The molecule has 1 aliphatic rings. The molecule has 0 spiro atoms. The van der Waals surface area contributed by atoms with Gasteiger partial charge in [-0.15, -0.1) is 0 Å². The molecule has 4 heteroatoms. The van der Waals surface area contributed by atoms with E-state index < -0.39 is 0 Å². The van der Waals surface area contributed by atoms with Crippen LogP contribution in [-0.4, -0.2) is 36.6 Å². The molecule has 19 heavy (non-hydrogen) atoms. The van der Waals surface area contributed by atoms with Crippen molar-refractivity contribution in [3.05, 3.63) is 35.4 Å². The zero-order valence-corrected chi connectivity index (χ0v) is 11.8. The number of hydrogen-bond donors (Lipinski definition) is 1. The molecule has 1 amide bonds. The molecule has 0 aliphatic carbocycles. The fourth-order valence-corrected chi connectivity index (χ4v) is 2.35. The third-order valence-corrected chi connectivity index (χ3v) is 3.45. The molecule has 1 saturated heterocycles. The molecule has 4 nitrogen and oxygen atoms in total. The highest BCUT2D eigenvalue weighted by Crippen LogP contribution is 2.25. The normalized spacial score (nSPS) is 23.1. The molecule has 0 radical (unpaired) electrons. The standard InChI is InChI=1S/C15H22N2O2/c1-4-19-10-9-17-14(16-12(3)15(17)18)13-7-5-11(2)6-8-13/h5-8,12,14,16H,4,9-10H2,1-3H3. The van der Waals surface area contributed by atoms with E-state index in [1.54, 1.807) is 0 Å². The Labute approximate surface area is 114 Å². The number of nitrogens with one attached hydrogen (secondary N) is 1. The summed E-state index contributed by atoms with van der Waals surface area (Å²) in [6, 6.07) is 8.17. The summed E-state index contributed by atoms with van der Waals surface area (Å²) in [6.07, 6.45) is -0.0384. The Morgan fingerprint density at radius 1 is 1.32 bits per heavy atom. The summed E-state index contributed by atoms with van der Waals surface area (Å²) in [7, 11) is 0. The largest absolute Gasteiger partial charge is 0.380 e. The van der Waals surface area contributed by atoms with Gasteiger partial charge in [0.15, 0.2) is 0 Å². The van der Waals surface area contributed by atoms with Crippen LogP contribution in [0.5, 0.6) is 0 Å². The van der Waals surface area contributed by atoms with Crippen molar-refractivity contribution in [2.75, 3.05) is 19.8 Å². The smallest absolute Gasteiger partial charge is 0.241 e. The Kier molecular flexibility index (Phi) is 4.56. The molecule has 1 N–H and O–H groups in total. The number of carbonyl (C=O) groups is 1. The van der Waals surface area contributed by atoms with Gasteiger partial charge in [-0.2, -0.15) is 0 Å². The lowest BCUT2D eigenvalue weighted by molar-refractivity contribution is -0.130. The Bertz CT molecular complexity index is 430. The van der Waals surface area contributed by atoms with Crippen LogP contribution in [0.4, 0.5) is 0 Å². The molecule has 1 aliphatic heterocycles. The minimum atomic E-state index is -0.132. The van der Waals surface area contributed by atoms with Crippen LogP contribution in [0.25, 0.3) is 0 Å². The van der Waals surface area contributed by atoms with Crippen LogP contribution in [-0.2, 0) is 9.53 Å². The van der Waals surface area contributed by atoms with Gasteiger partial charge in [0.05, 0.1) is 12.6 Å². The SMILES string of the molecule is CCOCCN1C(=O)C(C)NC1c1ccc(C)cc1. The predicted molar refractivity (Wildman–Crippen MR) is 74.7 cm³/mol. The summed E-state index contributed by atoms with van der Waals surface area (Å²) in [5.74, 6) is 0.144. The number of nitrogens with zero attached hydrogens (tertiary/aromatic N) is 1. The molecule has 1 heterocycles. The number of amides is 1. The van der Waals surface area contributed by atoms with Crippen molar-refractivity contribution >= 4 is 5.91 Å². The van der Waals surface area contributed by atoms with E-state index in [0.717, 1.165) is 5.56 Å². The molecule has 0 bridgehead atoms. The second kappa shape index (κ2) is 6.17. The summed E-state index contributed by atoms with van der Waals surface area (Å²) in [6.45, 7) is 7.82. The minimum absolute atomic E-state index is 0.0384. The predicted octanol–water partition coefficient (Wildman–Crippen LogP) is 1.85. The lowest BCUT2D eigenvalue weighted by Gasteiger charge is -2.24. The van der Waals surface area contributed by atoms with Gasteiger partial charge in [-0.3, -0.25) is 10.1 Å². The topological polar surface area (TPSA) is 41.6 Å². The van der Waals surface area contributed by atoms with Crippen molar-refractivity contribution < 1.29 is 9.53 Å². The lowest BCUT2D eigenvalue weighted by atomic mass is 10.1. The lowest BCUT2D eigenvalue weighted by Crippen LogP contribution is -2.33. The number of benzene rings is 1. The van der Waals surface area contributed by atoms with Gasteiger partial charge in [0.25, 0.3) is 0 Å². The summed E-state index contributed by atoms with van der Waals surface area (Å²) in [5, 5.41) is 3.34. The summed E-state index contributed by atoms with van der Waals surface area (Å²) < 4.78 is 5.36. The number of carbonyl (C=O) groups excluding carboxylic acids is 1. The van der Waals surface area contributed by atoms with Crippen molar-refractivity contribution in [2.24, 2.45) is 0 Å². The van der Waals surface area contributed by atoms with E-state index in [1.165, 1.54) is 5.56 Å². The van der Waals surface area contributed by atoms with Gasteiger partial charge >= 0.3 is 0 Å². The van der Waals surface area contributed by atoms with Crippen LogP contribution < -0.4 is 5.32 Å². The first-order valence-corrected chi connectivity index (χ1v) is 6.84. The molecule has 1 aromatic carbocycles. The second-order valence-corrected chi connectivity index (χ2v) is 4.93. The highest BCUT2D eigenvalue weighted by atomic mass is 16.5.